The second-order valence-corrected chi connectivity index (χ2v) is 5.65. The van der Waals surface area contributed by atoms with Crippen LogP contribution < -0.4 is 0 Å². The summed E-state index contributed by atoms with van der Waals surface area (Å²) >= 11 is 0. The number of carbonyl (C=O) groups excluding carboxylic acids is 2. The molecule has 0 spiro atoms. The van der Waals surface area contributed by atoms with Crippen molar-refractivity contribution in [3.05, 3.63) is 0 Å². The predicted octanol–water partition coefficient (Wildman–Crippen LogP) is 2.24. The van der Waals surface area contributed by atoms with E-state index in [1.54, 1.807) is 0 Å². The summed E-state index contributed by atoms with van der Waals surface area (Å²) < 4.78 is 8.67. The standard InChI is InChI=1S/C9H17NO.C4H8O2.C2H4O2.C2H6/c1-3-9(2)4-6-10(8-11)7-5-9;5-4-1-2-6-3-4;1-4-2-3;1-2/h8H,3-7H2,1-2H3;4-5H,1-3H2;2H,1H3;1-2H3. The summed E-state index contributed by atoms with van der Waals surface area (Å²) in [5.41, 5.74) is 0.500. The van der Waals surface area contributed by atoms with Crippen molar-refractivity contribution in [1.82, 2.24) is 4.90 Å². The lowest BCUT2D eigenvalue weighted by molar-refractivity contribution is -0.126. The van der Waals surface area contributed by atoms with Crippen molar-refractivity contribution in [3.8, 4) is 0 Å². The number of nitrogens with zero attached hydrogens (tertiary/aromatic N) is 1. The Balaban J connectivity index is 0. The molecule has 0 aromatic heterocycles. The van der Waals surface area contributed by atoms with Gasteiger partial charge in [0.15, 0.2) is 0 Å². The van der Waals surface area contributed by atoms with Crippen LogP contribution in [0.1, 0.15) is 53.4 Å². The number of rotatable bonds is 3. The summed E-state index contributed by atoms with van der Waals surface area (Å²) in [6.45, 7) is 12.1. The third-order valence-corrected chi connectivity index (χ3v) is 4.01. The van der Waals surface area contributed by atoms with Crippen LogP contribution in [0.4, 0.5) is 0 Å². The van der Waals surface area contributed by atoms with E-state index in [-0.39, 0.29) is 6.10 Å². The van der Waals surface area contributed by atoms with Gasteiger partial charge < -0.3 is 19.5 Å². The van der Waals surface area contributed by atoms with Gasteiger partial charge in [0.1, 0.15) is 0 Å². The van der Waals surface area contributed by atoms with Gasteiger partial charge in [0.2, 0.25) is 6.41 Å². The Hall–Kier alpha value is -1.14. The van der Waals surface area contributed by atoms with E-state index in [0.717, 1.165) is 32.5 Å². The van der Waals surface area contributed by atoms with Gasteiger partial charge in [-0.05, 0) is 24.7 Å². The maximum atomic E-state index is 10.4. The molecule has 0 aliphatic carbocycles. The average Bonchev–Trinajstić information content (AvgIpc) is 3.09. The highest BCUT2D eigenvalue weighted by Crippen LogP contribution is 2.33. The number of aliphatic hydroxyl groups excluding tert-OH is 1. The fraction of sp³-hybridized carbons (Fsp3) is 0.882. The largest absolute Gasteiger partial charge is 0.471 e. The van der Waals surface area contributed by atoms with Crippen LogP contribution in [0.25, 0.3) is 0 Å². The van der Waals surface area contributed by atoms with E-state index in [1.807, 2.05) is 18.7 Å². The summed E-state index contributed by atoms with van der Waals surface area (Å²) in [7, 11) is 1.31. The smallest absolute Gasteiger partial charge is 0.292 e. The van der Waals surface area contributed by atoms with E-state index < -0.39 is 0 Å². The molecule has 23 heavy (non-hydrogen) atoms. The number of ether oxygens (including phenoxy) is 2. The van der Waals surface area contributed by atoms with Crippen molar-refractivity contribution in [2.75, 3.05) is 33.4 Å². The third kappa shape index (κ3) is 13.0. The second kappa shape index (κ2) is 15.7. The highest BCUT2D eigenvalue weighted by molar-refractivity contribution is 5.47. The van der Waals surface area contributed by atoms with Crippen molar-refractivity contribution < 1.29 is 24.2 Å². The van der Waals surface area contributed by atoms with Crippen molar-refractivity contribution in [2.45, 2.75) is 59.5 Å². The number of carbonyl (C=O) groups is 2. The van der Waals surface area contributed by atoms with E-state index >= 15 is 0 Å². The lowest BCUT2D eigenvalue weighted by Crippen LogP contribution is -2.37. The van der Waals surface area contributed by atoms with Crippen LogP contribution in [0.5, 0.6) is 0 Å². The molecule has 1 atom stereocenters. The van der Waals surface area contributed by atoms with Gasteiger partial charge in [-0.2, -0.15) is 0 Å². The molecule has 2 rings (SSSR count). The lowest BCUT2D eigenvalue weighted by atomic mass is 9.78. The number of piperidine rings is 1. The first kappa shape index (κ1) is 24.1. The highest BCUT2D eigenvalue weighted by Gasteiger charge is 2.27. The van der Waals surface area contributed by atoms with Crippen molar-refractivity contribution in [1.29, 1.82) is 0 Å². The minimum absolute atomic E-state index is 0.176. The fourth-order valence-corrected chi connectivity index (χ4v) is 2.04. The summed E-state index contributed by atoms with van der Waals surface area (Å²) in [5, 5.41) is 8.60. The van der Waals surface area contributed by atoms with Crippen LogP contribution in [0.15, 0.2) is 0 Å². The van der Waals surface area contributed by atoms with Gasteiger partial charge in [-0.3, -0.25) is 9.59 Å². The molecule has 1 N–H and O–H groups in total. The van der Waals surface area contributed by atoms with Crippen LogP contribution in [0.2, 0.25) is 0 Å². The molecule has 0 bridgehead atoms. The molecule has 0 aromatic rings. The van der Waals surface area contributed by atoms with E-state index in [9.17, 15) is 4.79 Å². The van der Waals surface area contributed by atoms with E-state index in [1.165, 1.54) is 26.4 Å². The van der Waals surface area contributed by atoms with Crippen LogP contribution in [0, 0.1) is 5.41 Å². The molecule has 1 unspecified atom stereocenters. The molecule has 2 heterocycles. The molecule has 0 aromatic carbocycles. The maximum absolute atomic E-state index is 10.4. The molecule has 2 fully saturated rings. The molecule has 138 valence electrons. The lowest BCUT2D eigenvalue weighted by Gasteiger charge is -2.37. The second-order valence-electron chi connectivity index (χ2n) is 5.65. The third-order valence-electron chi connectivity index (χ3n) is 4.01. The zero-order valence-electron chi connectivity index (χ0n) is 15.4. The van der Waals surface area contributed by atoms with Gasteiger partial charge >= 0.3 is 0 Å². The molecule has 6 nitrogen and oxygen atoms in total. The summed E-state index contributed by atoms with van der Waals surface area (Å²) in [4.78, 5) is 21.2. The topological polar surface area (TPSA) is 76.1 Å². The van der Waals surface area contributed by atoms with Crippen LogP contribution in [-0.2, 0) is 19.1 Å². The molecule has 2 saturated heterocycles. The molecule has 0 radical (unpaired) electrons. The minimum Gasteiger partial charge on any atom is -0.471 e. The Morgan fingerprint density at radius 1 is 1.30 bits per heavy atom. The Labute approximate surface area is 141 Å². The Morgan fingerprint density at radius 3 is 2.04 bits per heavy atom. The molecule has 2 aliphatic heterocycles. The normalized spacial score (nSPS) is 21.3. The number of aliphatic hydroxyl groups is 1. The quantitative estimate of drug-likeness (QED) is 0.802. The zero-order valence-corrected chi connectivity index (χ0v) is 15.4. The van der Waals surface area contributed by atoms with Crippen LogP contribution in [0.3, 0.4) is 0 Å². The van der Waals surface area contributed by atoms with Crippen molar-refractivity contribution in [2.24, 2.45) is 5.41 Å². The average molecular weight is 333 g/mol. The van der Waals surface area contributed by atoms with Crippen LogP contribution >= 0.6 is 0 Å². The first-order valence-electron chi connectivity index (χ1n) is 8.43. The number of likely N-dealkylation sites (tertiary alicyclic amines) is 1. The number of methoxy groups -OCH3 is 1. The molecular weight excluding hydrogens is 298 g/mol. The predicted molar refractivity (Wildman–Crippen MR) is 91.1 cm³/mol. The zero-order chi connectivity index (χ0) is 18.1. The summed E-state index contributed by atoms with van der Waals surface area (Å²) in [6, 6.07) is 0. The molecule has 2 aliphatic rings. The monoisotopic (exact) mass is 333 g/mol. The first-order chi connectivity index (χ1) is 11.0. The number of amides is 1. The van der Waals surface area contributed by atoms with Gasteiger partial charge in [0.05, 0.1) is 19.8 Å². The van der Waals surface area contributed by atoms with Gasteiger partial charge in [-0.1, -0.05) is 34.1 Å². The van der Waals surface area contributed by atoms with Crippen LogP contribution in [-0.4, -0.2) is 62.4 Å². The Bertz CT molecular complexity index is 272. The maximum Gasteiger partial charge on any atom is 0.292 e. The summed E-state index contributed by atoms with van der Waals surface area (Å²) in [5.74, 6) is 0. The Morgan fingerprint density at radius 2 is 1.83 bits per heavy atom. The van der Waals surface area contributed by atoms with Gasteiger partial charge in [-0.15, -0.1) is 0 Å². The molecule has 1 amide bonds. The van der Waals surface area contributed by atoms with Crippen molar-refractivity contribution in [3.63, 3.8) is 0 Å². The molecule has 6 heteroatoms. The van der Waals surface area contributed by atoms with E-state index in [2.05, 4.69) is 18.6 Å². The molecule has 0 saturated carbocycles. The van der Waals surface area contributed by atoms with Gasteiger partial charge in [-0.25, -0.2) is 0 Å². The number of hydrogen-bond acceptors (Lipinski definition) is 5. The van der Waals surface area contributed by atoms with Gasteiger partial charge in [0, 0.05) is 19.7 Å². The summed E-state index contributed by atoms with van der Waals surface area (Å²) in [6.07, 6.45) is 5.18. The van der Waals surface area contributed by atoms with E-state index in [0.29, 0.717) is 18.5 Å². The fourth-order valence-electron chi connectivity index (χ4n) is 2.04. The van der Waals surface area contributed by atoms with E-state index in [4.69, 9.17) is 14.6 Å². The van der Waals surface area contributed by atoms with Gasteiger partial charge in [0.25, 0.3) is 6.47 Å². The SMILES string of the molecule is CC.CCC1(C)CCN(C=O)CC1.COC=O.OC1CCOC1. The van der Waals surface area contributed by atoms with Crippen molar-refractivity contribution >= 4 is 12.9 Å². The minimum atomic E-state index is -0.176. The molecular formula is C17H35NO5. The number of hydrogen-bond donors (Lipinski definition) is 1. The first-order valence-corrected chi connectivity index (χ1v) is 8.43. The Kier molecular flexibility index (Phi) is 16.5. The highest BCUT2D eigenvalue weighted by atomic mass is 16.5.